The van der Waals surface area contributed by atoms with E-state index in [1.165, 1.54) is 32.4 Å². The quantitative estimate of drug-likeness (QED) is 0.689. The van der Waals surface area contributed by atoms with Gasteiger partial charge in [0.15, 0.2) is 0 Å². The van der Waals surface area contributed by atoms with Gasteiger partial charge in [0.05, 0.1) is 0 Å². The molecule has 2 heteroatoms. The Kier molecular flexibility index (Phi) is 2.89. The van der Waals surface area contributed by atoms with Crippen molar-refractivity contribution in [3.8, 4) is 0 Å². The van der Waals surface area contributed by atoms with Crippen LogP contribution in [0.3, 0.4) is 0 Å². The zero-order valence-electron chi connectivity index (χ0n) is 8.84. The van der Waals surface area contributed by atoms with E-state index in [1.54, 1.807) is 0 Å². The number of hydrogen-bond acceptors (Lipinski definition) is 2. The Bertz CT molecular complexity index is 169. The Morgan fingerprint density at radius 1 is 1.31 bits per heavy atom. The van der Waals surface area contributed by atoms with Crippen LogP contribution >= 0.6 is 0 Å². The molecule has 1 saturated heterocycles. The van der Waals surface area contributed by atoms with Crippen LogP contribution in [0, 0.1) is 11.8 Å². The van der Waals surface area contributed by atoms with E-state index in [4.69, 9.17) is 0 Å². The van der Waals surface area contributed by atoms with E-state index in [-0.39, 0.29) is 0 Å². The van der Waals surface area contributed by atoms with E-state index >= 15 is 0 Å². The molecule has 2 rings (SSSR count). The van der Waals surface area contributed by atoms with Crippen molar-refractivity contribution in [1.29, 1.82) is 0 Å². The monoisotopic (exact) mass is 182 g/mol. The molecule has 13 heavy (non-hydrogen) atoms. The summed E-state index contributed by atoms with van der Waals surface area (Å²) in [5.74, 6) is 1.98. The molecule has 0 aromatic rings. The number of nitrogens with one attached hydrogen (secondary N) is 2. The molecule has 2 nitrogen and oxygen atoms in total. The zero-order valence-corrected chi connectivity index (χ0v) is 8.84. The number of hydrogen-bond donors (Lipinski definition) is 2. The van der Waals surface area contributed by atoms with Crippen molar-refractivity contribution in [3.63, 3.8) is 0 Å². The highest BCUT2D eigenvalue weighted by Gasteiger charge is 2.32. The first-order valence-corrected chi connectivity index (χ1v) is 5.72. The first-order valence-electron chi connectivity index (χ1n) is 5.72. The van der Waals surface area contributed by atoms with Gasteiger partial charge in [-0.05, 0) is 51.1 Å². The van der Waals surface area contributed by atoms with Crippen molar-refractivity contribution in [2.45, 2.75) is 45.2 Å². The third-order valence-electron chi connectivity index (χ3n) is 3.57. The Morgan fingerprint density at radius 3 is 2.69 bits per heavy atom. The molecule has 0 aromatic carbocycles. The summed E-state index contributed by atoms with van der Waals surface area (Å²) in [5, 5.41) is 7.19. The van der Waals surface area contributed by atoms with Gasteiger partial charge in [-0.25, -0.2) is 0 Å². The fourth-order valence-corrected chi connectivity index (χ4v) is 2.32. The van der Waals surface area contributed by atoms with Crippen molar-refractivity contribution >= 4 is 0 Å². The highest BCUT2D eigenvalue weighted by atomic mass is 15.0. The normalized spacial score (nSPS) is 44.8. The van der Waals surface area contributed by atoms with Crippen molar-refractivity contribution in [2.24, 2.45) is 11.8 Å². The lowest BCUT2D eigenvalue weighted by Gasteiger charge is -2.28. The molecule has 0 bridgehead atoms. The second kappa shape index (κ2) is 3.97. The van der Waals surface area contributed by atoms with E-state index in [1.807, 2.05) is 0 Å². The molecular formula is C11H22N2. The molecule has 1 heterocycles. The predicted octanol–water partition coefficient (Wildman–Crippen LogP) is 1.37. The van der Waals surface area contributed by atoms with Crippen molar-refractivity contribution in [1.82, 2.24) is 10.6 Å². The first kappa shape index (κ1) is 9.47. The van der Waals surface area contributed by atoms with Crippen LogP contribution in [0.5, 0.6) is 0 Å². The smallest absolute Gasteiger partial charge is 0.00939 e. The Balaban J connectivity index is 1.63. The van der Waals surface area contributed by atoms with Crippen LogP contribution in [0.1, 0.15) is 33.1 Å². The summed E-state index contributed by atoms with van der Waals surface area (Å²) in [6.45, 7) is 7.10. The topological polar surface area (TPSA) is 24.1 Å². The molecule has 1 saturated carbocycles. The molecule has 76 valence electrons. The average molecular weight is 182 g/mol. The van der Waals surface area contributed by atoms with E-state index in [0.717, 1.165) is 17.9 Å². The first-order chi connectivity index (χ1) is 6.25. The summed E-state index contributed by atoms with van der Waals surface area (Å²) in [5.41, 5.74) is 0. The summed E-state index contributed by atoms with van der Waals surface area (Å²) in [7, 11) is 0. The maximum atomic E-state index is 3.70. The summed E-state index contributed by atoms with van der Waals surface area (Å²) >= 11 is 0. The van der Waals surface area contributed by atoms with Gasteiger partial charge in [-0.3, -0.25) is 0 Å². The van der Waals surface area contributed by atoms with Gasteiger partial charge in [-0.1, -0.05) is 6.92 Å². The van der Waals surface area contributed by atoms with Gasteiger partial charge in [-0.2, -0.15) is 0 Å². The molecule has 0 spiro atoms. The minimum atomic E-state index is 0.711. The van der Waals surface area contributed by atoms with Crippen molar-refractivity contribution in [3.05, 3.63) is 0 Å². The fourth-order valence-electron chi connectivity index (χ4n) is 2.32. The second-order valence-electron chi connectivity index (χ2n) is 4.96. The van der Waals surface area contributed by atoms with E-state index < -0.39 is 0 Å². The SMILES string of the molecule is CC1CC(NCC2CC2C)CCN1. The molecule has 0 radical (unpaired) electrons. The van der Waals surface area contributed by atoms with E-state index in [2.05, 4.69) is 24.5 Å². The van der Waals surface area contributed by atoms with Gasteiger partial charge in [0.2, 0.25) is 0 Å². The summed E-state index contributed by atoms with van der Waals surface area (Å²) in [6.07, 6.45) is 4.07. The van der Waals surface area contributed by atoms with Gasteiger partial charge in [0.25, 0.3) is 0 Å². The lowest BCUT2D eigenvalue weighted by Crippen LogP contribution is -2.45. The van der Waals surface area contributed by atoms with Crippen molar-refractivity contribution in [2.75, 3.05) is 13.1 Å². The van der Waals surface area contributed by atoms with Gasteiger partial charge >= 0.3 is 0 Å². The summed E-state index contributed by atoms with van der Waals surface area (Å²) in [6, 6.07) is 1.49. The summed E-state index contributed by atoms with van der Waals surface area (Å²) in [4.78, 5) is 0. The Hall–Kier alpha value is -0.0800. The molecule has 4 atom stereocenters. The minimum absolute atomic E-state index is 0.711. The molecule has 2 fully saturated rings. The third-order valence-corrected chi connectivity index (χ3v) is 3.57. The number of rotatable bonds is 3. The predicted molar refractivity (Wildman–Crippen MR) is 55.8 cm³/mol. The van der Waals surface area contributed by atoms with Gasteiger partial charge < -0.3 is 10.6 Å². The van der Waals surface area contributed by atoms with E-state index in [0.29, 0.717) is 6.04 Å². The van der Waals surface area contributed by atoms with E-state index in [9.17, 15) is 0 Å². The van der Waals surface area contributed by atoms with Crippen molar-refractivity contribution < 1.29 is 0 Å². The highest BCUT2D eigenvalue weighted by molar-refractivity contribution is 4.87. The maximum absolute atomic E-state index is 3.70. The number of piperidine rings is 1. The maximum Gasteiger partial charge on any atom is 0.00939 e. The van der Waals surface area contributed by atoms with Crippen LogP contribution in [0.4, 0.5) is 0 Å². The van der Waals surface area contributed by atoms with Gasteiger partial charge in [0.1, 0.15) is 0 Å². The standard InChI is InChI=1S/C11H22N2/c1-8-5-10(8)7-13-11-3-4-12-9(2)6-11/h8-13H,3-7H2,1-2H3. The van der Waals surface area contributed by atoms with Crippen LogP contribution in [0.25, 0.3) is 0 Å². The van der Waals surface area contributed by atoms with Gasteiger partial charge in [-0.15, -0.1) is 0 Å². The van der Waals surface area contributed by atoms with Gasteiger partial charge in [0, 0.05) is 12.1 Å². The van der Waals surface area contributed by atoms with Crippen LogP contribution < -0.4 is 10.6 Å². The lowest BCUT2D eigenvalue weighted by atomic mass is 10.0. The molecular weight excluding hydrogens is 160 g/mol. The molecule has 0 amide bonds. The fraction of sp³-hybridized carbons (Fsp3) is 1.00. The van der Waals surface area contributed by atoms with Crippen LogP contribution in [0.2, 0.25) is 0 Å². The Morgan fingerprint density at radius 2 is 2.08 bits per heavy atom. The molecule has 1 aliphatic heterocycles. The minimum Gasteiger partial charge on any atom is -0.314 e. The largest absolute Gasteiger partial charge is 0.314 e. The van der Waals surface area contributed by atoms with Crippen LogP contribution in [-0.4, -0.2) is 25.2 Å². The third kappa shape index (κ3) is 2.68. The molecule has 0 aromatic heterocycles. The van der Waals surface area contributed by atoms with Crippen LogP contribution in [-0.2, 0) is 0 Å². The molecule has 1 aliphatic carbocycles. The zero-order chi connectivity index (χ0) is 9.26. The molecule has 2 N–H and O–H groups in total. The second-order valence-corrected chi connectivity index (χ2v) is 4.96. The summed E-state index contributed by atoms with van der Waals surface area (Å²) < 4.78 is 0. The Labute approximate surface area is 81.5 Å². The average Bonchev–Trinajstić information content (AvgIpc) is 2.79. The molecule has 4 unspecified atom stereocenters. The highest BCUT2D eigenvalue weighted by Crippen LogP contribution is 2.36. The lowest BCUT2D eigenvalue weighted by molar-refractivity contribution is 0.328. The molecule has 2 aliphatic rings. The van der Waals surface area contributed by atoms with Crippen LogP contribution in [0.15, 0.2) is 0 Å².